The minimum absolute atomic E-state index is 0.135. The van der Waals surface area contributed by atoms with Crippen LogP contribution in [0.5, 0.6) is 0 Å². The Kier molecular flexibility index (Phi) is 5.77. The molecule has 0 N–H and O–H groups in total. The van der Waals surface area contributed by atoms with Crippen molar-refractivity contribution in [2.24, 2.45) is 0 Å². The summed E-state index contributed by atoms with van der Waals surface area (Å²) in [6, 6.07) is 11.4. The van der Waals surface area contributed by atoms with Gasteiger partial charge in [0.1, 0.15) is 5.82 Å². The molecule has 2 aliphatic rings. The molecule has 6 nitrogen and oxygen atoms in total. The van der Waals surface area contributed by atoms with Gasteiger partial charge in [0.25, 0.3) is 11.7 Å². The third kappa shape index (κ3) is 4.25. The summed E-state index contributed by atoms with van der Waals surface area (Å²) in [7, 11) is 0. The minimum Gasteiger partial charge on any atom is -0.354 e. The van der Waals surface area contributed by atoms with Crippen molar-refractivity contribution >= 4 is 35.1 Å². The average molecular weight is 418 g/mol. The van der Waals surface area contributed by atoms with E-state index in [2.05, 4.69) is 9.88 Å². The van der Waals surface area contributed by atoms with Crippen LogP contribution in [0.15, 0.2) is 53.6 Å². The Morgan fingerprint density at radius 3 is 2.34 bits per heavy atom. The second kappa shape index (κ2) is 8.46. The zero-order chi connectivity index (χ0) is 20.4. The number of thioether (sulfide) groups is 1. The predicted octanol–water partition coefficient (Wildman–Crippen LogP) is 2.85. The fraction of sp³-hybridized carbons (Fsp3) is 0.350. The lowest BCUT2D eigenvalue weighted by Gasteiger charge is -2.37. The number of carbonyl (C=O) groups excluding carboxylic acids is 2. The van der Waals surface area contributed by atoms with Gasteiger partial charge >= 0.3 is 0 Å². The molecule has 0 bridgehead atoms. The number of alkyl halides is 2. The van der Waals surface area contributed by atoms with Gasteiger partial charge in [0.05, 0.1) is 18.2 Å². The highest BCUT2D eigenvalue weighted by molar-refractivity contribution is 7.99. The van der Waals surface area contributed by atoms with E-state index in [4.69, 9.17) is 0 Å². The summed E-state index contributed by atoms with van der Waals surface area (Å²) in [6.07, 6.45) is 1.89. The number of hydrogen-bond acceptors (Lipinski definition) is 6. The molecule has 1 atom stereocenters. The number of benzene rings is 1. The quantitative estimate of drug-likeness (QED) is 0.550. The summed E-state index contributed by atoms with van der Waals surface area (Å²) in [4.78, 5) is 35.6. The van der Waals surface area contributed by atoms with Gasteiger partial charge in [-0.3, -0.25) is 14.5 Å². The van der Waals surface area contributed by atoms with Gasteiger partial charge in [-0.25, -0.2) is 9.88 Å². The van der Waals surface area contributed by atoms with E-state index in [1.54, 1.807) is 18.3 Å². The predicted molar refractivity (Wildman–Crippen MR) is 107 cm³/mol. The van der Waals surface area contributed by atoms with Crippen LogP contribution in [-0.2, 0) is 9.59 Å². The van der Waals surface area contributed by atoms with Crippen LogP contribution >= 0.6 is 11.8 Å². The molecule has 29 heavy (non-hydrogen) atoms. The average Bonchev–Trinajstić information content (AvgIpc) is 3.03. The summed E-state index contributed by atoms with van der Waals surface area (Å²) in [5, 5.41) is 0. The summed E-state index contributed by atoms with van der Waals surface area (Å²) in [5.74, 6) is -2.12. The highest BCUT2D eigenvalue weighted by Gasteiger charge is 2.43. The second-order valence-corrected chi connectivity index (χ2v) is 7.93. The number of anilines is 2. The number of rotatable bonds is 5. The van der Waals surface area contributed by atoms with Gasteiger partial charge in [-0.15, -0.1) is 0 Å². The molecule has 2 amide bonds. The third-order valence-electron chi connectivity index (χ3n) is 5.17. The zero-order valence-electron chi connectivity index (χ0n) is 15.6. The van der Waals surface area contributed by atoms with Crippen molar-refractivity contribution in [2.75, 3.05) is 36.0 Å². The number of piperazine rings is 1. The van der Waals surface area contributed by atoms with E-state index in [0.717, 1.165) is 18.9 Å². The van der Waals surface area contributed by atoms with Gasteiger partial charge in [-0.1, -0.05) is 17.8 Å². The Balaban J connectivity index is 1.41. The van der Waals surface area contributed by atoms with Crippen LogP contribution in [0.4, 0.5) is 20.3 Å². The first-order valence-electron chi connectivity index (χ1n) is 9.34. The van der Waals surface area contributed by atoms with Crippen LogP contribution in [0.3, 0.4) is 0 Å². The maximum atomic E-state index is 12.9. The van der Waals surface area contributed by atoms with E-state index in [-0.39, 0.29) is 18.2 Å². The normalized spacial score (nSPS) is 20.7. The van der Waals surface area contributed by atoms with Crippen LogP contribution in [0.1, 0.15) is 6.42 Å². The molecule has 152 valence electrons. The number of amides is 2. The summed E-state index contributed by atoms with van der Waals surface area (Å²) >= 11 is 0.433. The van der Waals surface area contributed by atoms with Gasteiger partial charge in [-0.2, -0.15) is 8.78 Å². The Bertz CT molecular complexity index is 874. The Morgan fingerprint density at radius 1 is 1.00 bits per heavy atom. The molecule has 4 rings (SSSR count). The van der Waals surface area contributed by atoms with Gasteiger partial charge in [0, 0.05) is 37.3 Å². The molecular weight excluding hydrogens is 398 g/mol. The molecule has 0 unspecified atom stereocenters. The molecule has 2 saturated heterocycles. The van der Waals surface area contributed by atoms with Crippen molar-refractivity contribution in [1.29, 1.82) is 0 Å². The second-order valence-electron chi connectivity index (χ2n) is 6.87. The number of nitrogens with zero attached hydrogens (tertiary/aromatic N) is 4. The van der Waals surface area contributed by atoms with E-state index in [1.165, 1.54) is 17.0 Å². The lowest BCUT2D eigenvalue weighted by molar-refractivity contribution is -0.123. The van der Waals surface area contributed by atoms with Crippen LogP contribution in [0.2, 0.25) is 0 Å². The fourth-order valence-electron chi connectivity index (χ4n) is 3.75. The van der Waals surface area contributed by atoms with E-state index in [0.29, 0.717) is 35.4 Å². The topological polar surface area (TPSA) is 56.8 Å². The van der Waals surface area contributed by atoms with Crippen LogP contribution in [0, 0.1) is 0 Å². The van der Waals surface area contributed by atoms with Crippen molar-refractivity contribution in [3.8, 4) is 0 Å². The van der Waals surface area contributed by atoms with Crippen molar-refractivity contribution < 1.29 is 18.4 Å². The van der Waals surface area contributed by atoms with Crippen LogP contribution in [0.25, 0.3) is 0 Å². The number of pyridine rings is 1. The first kappa shape index (κ1) is 19.8. The number of imide groups is 1. The van der Waals surface area contributed by atoms with E-state index in [9.17, 15) is 18.4 Å². The van der Waals surface area contributed by atoms with E-state index < -0.39 is 11.8 Å². The largest absolute Gasteiger partial charge is 0.354 e. The Hall–Kier alpha value is -2.52. The lowest BCUT2D eigenvalue weighted by atomic mass is 10.1. The summed E-state index contributed by atoms with van der Waals surface area (Å²) in [5.41, 5.74) is 0.424. The molecular formula is C20H20F2N4O2S. The Labute approximate surface area is 171 Å². The van der Waals surface area contributed by atoms with E-state index >= 15 is 0 Å². The molecule has 3 heterocycles. The highest BCUT2D eigenvalue weighted by atomic mass is 32.2. The number of aromatic nitrogens is 1. The van der Waals surface area contributed by atoms with Crippen molar-refractivity contribution in [3.63, 3.8) is 0 Å². The van der Waals surface area contributed by atoms with Gasteiger partial charge < -0.3 is 4.90 Å². The molecule has 0 radical (unpaired) electrons. The molecule has 1 aromatic heterocycles. The standard InChI is InChI=1S/C20H20F2N4O2S/c21-20(22)29-15-6-4-14(5-7-15)26-18(27)13-16(19(26)28)24-9-11-25(12-10-24)17-3-1-2-8-23-17/h1-8,16,20H,9-13H2/t16-/m0/s1. The smallest absolute Gasteiger partial charge is 0.288 e. The Morgan fingerprint density at radius 2 is 1.72 bits per heavy atom. The molecule has 9 heteroatoms. The number of carbonyl (C=O) groups is 2. The van der Waals surface area contributed by atoms with Gasteiger partial charge in [0.15, 0.2) is 0 Å². The SMILES string of the molecule is O=C1C[C@H](N2CCN(c3ccccn3)CC2)C(=O)N1c1ccc(SC(F)F)cc1. The van der Waals surface area contributed by atoms with E-state index in [1.807, 2.05) is 23.1 Å². The van der Waals surface area contributed by atoms with Crippen LogP contribution in [-0.4, -0.2) is 59.7 Å². The van der Waals surface area contributed by atoms with Crippen molar-refractivity contribution in [2.45, 2.75) is 23.1 Å². The van der Waals surface area contributed by atoms with Crippen molar-refractivity contribution in [3.05, 3.63) is 48.7 Å². The van der Waals surface area contributed by atoms with Crippen LogP contribution < -0.4 is 9.80 Å². The lowest BCUT2D eigenvalue weighted by Crippen LogP contribution is -2.52. The summed E-state index contributed by atoms with van der Waals surface area (Å²) in [6.45, 7) is 2.79. The van der Waals surface area contributed by atoms with Gasteiger partial charge in [0.2, 0.25) is 5.91 Å². The minimum atomic E-state index is -2.51. The number of hydrogen-bond donors (Lipinski definition) is 0. The highest BCUT2D eigenvalue weighted by Crippen LogP contribution is 2.30. The van der Waals surface area contributed by atoms with Crippen molar-refractivity contribution in [1.82, 2.24) is 9.88 Å². The number of halogens is 2. The zero-order valence-corrected chi connectivity index (χ0v) is 16.4. The molecule has 0 aliphatic carbocycles. The fourth-order valence-corrected chi connectivity index (χ4v) is 4.25. The first-order valence-corrected chi connectivity index (χ1v) is 10.2. The molecule has 2 aliphatic heterocycles. The first-order chi connectivity index (χ1) is 14.0. The monoisotopic (exact) mass is 418 g/mol. The van der Waals surface area contributed by atoms with Gasteiger partial charge in [-0.05, 0) is 36.4 Å². The maximum absolute atomic E-state index is 12.9. The molecule has 0 saturated carbocycles. The molecule has 1 aromatic carbocycles. The maximum Gasteiger partial charge on any atom is 0.288 e. The molecule has 2 aromatic rings. The molecule has 2 fully saturated rings. The third-order valence-corrected chi connectivity index (χ3v) is 5.89. The molecule has 0 spiro atoms. The summed E-state index contributed by atoms with van der Waals surface area (Å²) < 4.78 is 24.9.